The molecule has 25 heavy (non-hydrogen) atoms. The van der Waals surface area contributed by atoms with Crippen LogP contribution in [-0.2, 0) is 5.75 Å². The molecule has 2 aromatic carbocycles. The highest BCUT2D eigenvalue weighted by atomic mass is 32.2. The van der Waals surface area contributed by atoms with Gasteiger partial charge in [0, 0.05) is 30.3 Å². The van der Waals surface area contributed by atoms with Crippen LogP contribution in [0.1, 0.15) is 24.8 Å². The summed E-state index contributed by atoms with van der Waals surface area (Å²) in [7, 11) is 0. The van der Waals surface area contributed by atoms with Gasteiger partial charge in [0.05, 0.1) is 0 Å². The molecule has 5 heteroatoms. The fourth-order valence-corrected chi connectivity index (χ4v) is 4.67. The number of benzene rings is 2. The highest BCUT2D eigenvalue weighted by molar-refractivity contribution is 8.22. The molecule has 2 heterocycles. The van der Waals surface area contributed by atoms with E-state index in [9.17, 15) is 4.79 Å². The fourth-order valence-electron chi connectivity index (χ4n) is 3.44. The third-order valence-corrected chi connectivity index (χ3v) is 6.25. The van der Waals surface area contributed by atoms with E-state index in [1.165, 1.54) is 19.3 Å². The summed E-state index contributed by atoms with van der Waals surface area (Å²) in [5.41, 5.74) is 1.33. The first-order chi connectivity index (χ1) is 12.2. The zero-order chi connectivity index (χ0) is 17.2. The molecule has 0 aliphatic carbocycles. The maximum absolute atomic E-state index is 12.0. The summed E-state index contributed by atoms with van der Waals surface area (Å²) in [6, 6.07) is 13.7. The third-order valence-electron chi connectivity index (χ3n) is 4.68. The van der Waals surface area contributed by atoms with Crippen molar-refractivity contribution in [2.24, 2.45) is 0 Å². The Morgan fingerprint density at radius 1 is 1.12 bits per heavy atom. The summed E-state index contributed by atoms with van der Waals surface area (Å²) in [5, 5.41) is 3.28. The lowest BCUT2D eigenvalue weighted by atomic mass is 10.0. The van der Waals surface area contributed by atoms with E-state index in [2.05, 4.69) is 17.0 Å². The summed E-state index contributed by atoms with van der Waals surface area (Å²) >= 11 is 7.26. The SMILES string of the molecule is O=c1cc(CSC(=S)N2CCCCC2)c2c(ccc3ccccc32)o1. The number of rotatable bonds is 2. The van der Waals surface area contributed by atoms with Gasteiger partial charge in [0.2, 0.25) is 0 Å². The smallest absolute Gasteiger partial charge is 0.336 e. The molecule has 1 aromatic heterocycles. The van der Waals surface area contributed by atoms with Gasteiger partial charge in [-0.2, -0.15) is 0 Å². The molecular formula is C20H19NO2S2. The van der Waals surface area contributed by atoms with Gasteiger partial charge in [-0.3, -0.25) is 0 Å². The van der Waals surface area contributed by atoms with Gasteiger partial charge in [0.15, 0.2) is 0 Å². The molecule has 0 N–H and O–H groups in total. The molecule has 1 aliphatic heterocycles. The van der Waals surface area contributed by atoms with Gasteiger partial charge in [-0.05, 0) is 41.7 Å². The number of fused-ring (bicyclic) bond motifs is 3. The monoisotopic (exact) mass is 369 g/mol. The normalized spacial score (nSPS) is 15.0. The van der Waals surface area contributed by atoms with Crippen molar-refractivity contribution >= 4 is 50.0 Å². The number of hydrogen-bond acceptors (Lipinski definition) is 4. The highest BCUT2D eigenvalue weighted by Crippen LogP contribution is 2.30. The van der Waals surface area contributed by atoms with Crippen LogP contribution in [-0.4, -0.2) is 22.3 Å². The Morgan fingerprint density at radius 3 is 2.76 bits per heavy atom. The minimum Gasteiger partial charge on any atom is -0.423 e. The third kappa shape index (κ3) is 3.44. The van der Waals surface area contributed by atoms with Crippen LogP contribution in [0.3, 0.4) is 0 Å². The van der Waals surface area contributed by atoms with Crippen LogP contribution in [0.5, 0.6) is 0 Å². The second-order valence-corrected chi connectivity index (χ2v) is 7.96. The second kappa shape index (κ2) is 7.18. The van der Waals surface area contributed by atoms with Crippen molar-refractivity contribution < 1.29 is 4.42 Å². The molecule has 0 saturated carbocycles. The van der Waals surface area contributed by atoms with E-state index in [0.29, 0.717) is 11.3 Å². The van der Waals surface area contributed by atoms with Crippen molar-refractivity contribution in [1.82, 2.24) is 4.90 Å². The Balaban J connectivity index is 1.69. The average molecular weight is 370 g/mol. The number of hydrogen-bond donors (Lipinski definition) is 0. The van der Waals surface area contributed by atoms with Crippen molar-refractivity contribution in [3.05, 3.63) is 58.4 Å². The Kier molecular flexibility index (Phi) is 4.77. The number of nitrogens with zero attached hydrogens (tertiary/aromatic N) is 1. The van der Waals surface area contributed by atoms with Gasteiger partial charge in [-0.25, -0.2) is 4.79 Å². The Morgan fingerprint density at radius 2 is 1.92 bits per heavy atom. The Hall–Kier alpha value is -1.85. The molecule has 0 bridgehead atoms. The summed E-state index contributed by atoms with van der Waals surface area (Å²) in [6.45, 7) is 2.10. The van der Waals surface area contributed by atoms with E-state index in [-0.39, 0.29) is 5.63 Å². The van der Waals surface area contributed by atoms with Crippen LogP contribution < -0.4 is 5.63 Å². The number of piperidine rings is 1. The summed E-state index contributed by atoms with van der Waals surface area (Å²) in [4.78, 5) is 14.3. The maximum Gasteiger partial charge on any atom is 0.336 e. The first kappa shape index (κ1) is 16.6. The predicted molar refractivity (Wildman–Crippen MR) is 109 cm³/mol. The number of thioether (sulfide) groups is 1. The van der Waals surface area contributed by atoms with Gasteiger partial charge in [0.1, 0.15) is 9.90 Å². The lowest BCUT2D eigenvalue weighted by Crippen LogP contribution is -2.32. The fraction of sp³-hybridized carbons (Fsp3) is 0.300. The predicted octanol–water partition coefficient (Wildman–Crippen LogP) is 4.95. The van der Waals surface area contributed by atoms with Crippen LogP contribution >= 0.6 is 24.0 Å². The minimum absolute atomic E-state index is 0.303. The topological polar surface area (TPSA) is 33.5 Å². The molecule has 128 valence electrons. The van der Waals surface area contributed by atoms with Crippen molar-refractivity contribution in [2.45, 2.75) is 25.0 Å². The van der Waals surface area contributed by atoms with Crippen molar-refractivity contribution in [3.63, 3.8) is 0 Å². The molecule has 1 saturated heterocycles. The van der Waals surface area contributed by atoms with E-state index < -0.39 is 0 Å². The number of thiocarbonyl (C=S) groups is 1. The quantitative estimate of drug-likeness (QED) is 0.363. The van der Waals surface area contributed by atoms with E-state index >= 15 is 0 Å². The average Bonchev–Trinajstić information content (AvgIpc) is 2.66. The second-order valence-electron chi connectivity index (χ2n) is 6.35. The summed E-state index contributed by atoms with van der Waals surface area (Å²) in [6.07, 6.45) is 3.71. The van der Waals surface area contributed by atoms with Crippen LogP contribution in [0.4, 0.5) is 0 Å². The molecule has 1 aliphatic rings. The van der Waals surface area contributed by atoms with Gasteiger partial charge in [-0.15, -0.1) is 0 Å². The van der Waals surface area contributed by atoms with Gasteiger partial charge >= 0.3 is 5.63 Å². The van der Waals surface area contributed by atoms with Crippen LogP contribution in [0.25, 0.3) is 21.7 Å². The first-order valence-corrected chi connectivity index (χ1v) is 9.98. The van der Waals surface area contributed by atoms with Gasteiger partial charge in [-0.1, -0.05) is 54.3 Å². The minimum atomic E-state index is -0.303. The standard InChI is InChI=1S/C20H19NO2S2/c22-18-12-15(13-25-20(24)21-10-4-1-5-11-21)19-16-7-3-2-6-14(16)8-9-17(19)23-18/h2-3,6-9,12H,1,4-5,10-11,13H2. The first-order valence-electron chi connectivity index (χ1n) is 8.58. The summed E-state index contributed by atoms with van der Waals surface area (Å²) < 4.78 is 6.36. The molecule has 4 rings (SSSR count). The molecule has 0 spiro atoms. The van der Waals surface area contributed by atoms with Crippen molar-refractivity contribution in [3.8, 4) is 0 Å². The van der Waals surface area contributed by atoms with Crippen molar-refractivity contribution in [1.29, 1.82) is 0 Å². The molecule has 0 unspecified atom stereocenters. The van der Waals surface area contributed by atoms with E-state index in [1.54, 1.807) is 17.8 Å². The van der Waals surface area contributed by atoms with Crippen LogP contribution in [0.2, 0.25) is 0 Å². The highest BCUT2D eigenvalue weighted by Gasteiger charge is 2.15. The molecule has 0 radical (unpaired) electrons. The largest absolute Gasteiger partial charge is 0.423 e. The zero-order valence-corrected chi connectivity index (χ0v) is 15.5. The molecule has 1 fully saturated rings. The molecule has 0 amide bonds. The van der Waals surface area contributed by atoms with E-state index in [1.807, 2.05) is 24.3 Å². The van der Waals surface area contributed by atoms with E-state index in [0.717, 1.165) is 39.1 Å². The lowest BCUT2D eigenvalue weighted by Gasteiger charge is -2.28. The lowest BCUT2D eigenvalue weighted by molar-refractivity contribution is 0.352. The Bertz CT molecular complexity index is 990. The maximum atomic E-state index is 12.0. The van der Waals surface area contributed by atoms with Gasteiger partial charge in [0.25, 0.3) is 0 Å². The van der Waals surface area contributed by atoms with Gasteiger partial charge < -0.3 is 9.32 Å². The Labute approximate surface area is 156 Å². The van der Waals surface area contributed by atoms with Crippen molar-refractivity contribution in [2.75, 3.05) is 13.1 Å². The molecular weight excluding hydrogens is 350 g/mol. The molecule has 0 atom stereocenters. The molecule has 3 aromatic rings. The molecule has 3 nitrogen and oxygen atoms in total. The summed E-state index contributed by atoms with van der Waals surface area (Å²) in [5.74, 6) is 0.686. The van der Waals surface area contributed by atoms with E-state index in [4.69, 9.17) is 16.6 Å². The number of likely N-dealkylation sites (tertiary alicyclic amines) is 1. The van der Waals surface area contributed by atoms with Crippen LogP contribution in [0, 0.1) is 0 Å². The van der Waals surface area contributed by atoms with Crippen LogP contribution in [0.15, 0.2) is 51.7 Å². The zero-order valence-electron chi connectivity index (χ0n) is 13.9.